The molecule has 206 valence electrons. The van der Waals surface area contributed by atoms with Crippen LogP contribution < -0.4 is 5.32 Å². The predicted octanol–water partition coefficient (Wildman–Crippen LogP) is 3.03. The Morgan fingerprint density at radius 2 is 1.89 bits per heavy atom. The summed E-state index contributed by atoms with van der Waals surface area (Å²) in [7, 11) is 0. The van der Waals surface area contributed by atoms with Gasteiger partial charge in [0.1, 0.15) is 5.60 Å². The number of amides is 1. The second-order valence-corrected chi connectivity index (χ2v) is 12.4. The molecule has 0 aromatic carbocycles. The van der Waals surface area contributed by atoms with Crippen LogP contribution in [-0.2, 0) is 23.9 Å². The number of nitrogens with one attached hydrogen (secondary N) is 1. The molecule has 8 heteroatoms. The summed E-state index contributed by atoms with van der Waals surface area (Å²) in [5.41, 5.74) is -1.60. The van der Waals surface area contributed by atoms with Crippen molar-refractivity contribution in [2.24, 2.45) is 28.6 Å². The van der Waals surface area contributed by atoms with Crippen LogP contribution in [-0.4, -0.2) is 58.0 Å². The minimum Gasteiger partial charge on any atom is -0.458 e. The number of ketones is 2. The maximum absolute atomic E-state index is 13.3. The highest BCUT2D eigenvalue weighted by molar-refractivity contribution is 5.92. The second-order valence-electron chi connectivity index (χ2n) is 12.4. The van der Waals surface area contributed by atoms with Gasteiger partial charge in [-0.2, -0.15) is 0 Å². The molecule has 0 spiro atoms. The lowest BCUT2D eigenvalue weighted by molar-refractivity contribution is -0.184. The number of hydrogen-bond donors (Lipinski definition) is 3. The Balaban J connectivity index is 1.41. The van der Waals surface area contributed by atoms with Gasteiger partial charge in [-0.3, -0.25) is 19.2 Å². The summed E-state index contributed by atoms with van der Waals surface area (Å²) >= 11 is 0. The summed E-state index contributed by atoms with van der Waals surface area (Å²) < 4.78 is 5.19. The average molecular weight is 518 g/mol. The normalized spacial score (nSPS) is 39.5. The number of Topliss-reactive ketones (excluding diaryl/α,β-unsaturated/α-hetero) is 1. The number of allylic oxidation sites excluding steroid dienone is 1. The molecule has 1 amide bonds. The molecular formula is C29H43NO7. The molecule has 3 N–H and O–H groups in total. The van der Waals surface area contributed by atoms with Crippen LogP contribution in [0.5, 0.6) is 0 Å². The second kappa shape index (κ2) is 10.3. The molecule has 4 aliphatic rings. The van der Waals surface area contributed by atoms with Gasteiger partial charge in [0.15, 0.2) is 12.4 Å². The van der Waals surface area contributed by atoms with Gasteiger partial charge in [0, 0.05) is 24.3 Å². The standard InChI is InChI=1S/C29H43NO7/c1-5-17(2)30-24(34)8-9-25(35)37-16-23(33)29(36)13-11-21-20-7-6-18-14-19(31)10-12-27(18,3)26(20)22(32)15-28(21,29)4/h14,17,20-22,26,32,36H,5-13,15-16H2,1-4H3,(H,30,34)/t17-,20-,21+,22-,26-,27-,28-,29-/m0/s1. The number of esters is 1. The van der Waals surface area contributed by atoms with E-state index in [-0.39, 0.29) is 60.2 Å². The number of aliphatic hydroxyl groups excluding tert-OH is 1. The number of hydrogen-bond acceptors (Lipinski definition) is 7. The minimum atomic E-state index is -1.68. The van der Waals surface area contributed by atoms with Crippen LogP contribution in [0.1, 0.15) is 91.9 Å². The van der Waals surface area contributed by atoms with Gasteiger partial charge < -0.3 is 20.3 Å². The van der Waals surface area contributed by atoms with Crippen LogP contribution >= 0.6 is 0 Å². The van der Waals surface area contributed by atoms with Crippen molar-refractivity contribution in [3.05, 3.63) is 11.6 Å². The van der Waals surface area contributed by atoms with E-state index in [1.165, 1.54) is 0 Å². The van der Waals surface area contributed by atoms with Gasteiger partial charge in [-0.15, -0.1) is 0 Å². The highest BCUT2D eigenvalue weighted by Gasteiger charge is 2.68. The monoisotopic (exact) mass is 517 g/mol. The summed E-state index contributed by atoms with van der Waals surface area (Å²) in [6.07, 6.45) is 5.82. The van der Waals surface area contributed by atoms with E-state index in [0.717, 1.165) is 31.3 Å². The Kier molecular flexibility index (Phi) is 7.75. The first-order valence-corrected chi connectivity index (χ1v) is 14.0. The summed E-state index contributed by atoms with van der Waals surface area (Å²) in [5, 5.41) is 26.0. The van der Waals surface area contributed by atoms with Crippen LogP contribution in [0.3, 0.4) is 0 Å². The van der Waals surface area contributed by atoms with Crippen LogP contribution in [0.2, 0.25) is 0 Å². The molecule has 0 aliphatic heterocycles. The molecule has 0 unspecified atom stereocenters. The number of ether oxygens (including phenoxy) is 1. The van der Waals surface area contributed by atoms with Gasteiger partial charge in [0.2, 0.25) is 11.7 Å². The number of carbonyl (C=O) groups excluding carboxylic acids is 4. The van der Waals surface area contributed by atoms with Crippen LogP contribution in [0.25, 0.3) is 0 Å². The fourth-order valence-electron chi connectivity index (χ4n) is 8.15. The lowest BCUT2D eigenvalue weighted by Gasteiger charge is -2.60. The molecule has 0 aromatic heterocycles. The molecule has 4 rings (SSSR count). The van der Waals surface area contributed by atoms with E-state index in [9.17, 15) is 29.4 Å². The van der Waals surface area contributed by atoms with E-state index in [0.29, 0.717) is 19.3 Å². The summed E-state index contributed by atoms with van der Waals surface area (Å²) in [4.78, 5) is 49.5. The van der Waals surface area contributed by atoms with Crippen molar-refractivity contribution >= 4 is 23.4 Å². The largest absolute Gasteiger partial charge is 0.458 e. The zero-order chi connectivity index (χ0) is 27.2. The van der Waals surface area contributed by atoms with Gasteiger partial charge in [-0.25, -0.2) is 0 Å². The fourth-order valence-corrected chi connectivity index (χ4v) is 8.15. The molecule has 8 nitrogen and oxygen atoms in total. The number of aliphatic hydroxyl groups is 2. The average Bonchev–Trinajstić information content (AvgIpc) is 3.12. The molecule has 3 saturated carbocycles. The van der Waals surface area contributed by atoms with Crippen molar-refractivity contribution in [2.45, 2.75) is 110 Å². The molecule has 0 aromatic rings. The van der Waals surface area contributed by atoms with Gasteiger partial charge in [0.25, 0.3) is 0 Å². The summed E-state index contributed by atoms with van der Waals surface area (Å²) in [5.74, 6) is -1.06. The van der Waals surface area contributed by atoms with Gasteiger partial charge in [-0.1, -0.05) is 26.3 Å². The molecule has 0 saturated heterocycles. The molecule has 3 fully saturated rings. The zero-order valence-corrected chi connectivity index (χ0v) is 22.7. The highest BCUT2D eigenvalue weighted by atomic mass is 16.5. The number of rotatable bonds is 8. The van der Waals surface area contributed by atoms with Crippen LogP contribution in [0.15, 0.2) is 11.6 Å². The van der Waals surface area contributed by atoms with E-state index in [1.807, 2.05) is 20.8 Å². The van der Waals surface area contributed by atoms with E-state index < -0.39 is 35.5 Å². The Morgan fingerprint density at radius 1 is 1.16 bits per heavy atom. The minimum absolute atomic E-state index is 0.00414. The summed E-state index contributed by atoms with van der Waals surface area (Å²) in [6, 6.07) is 0.0239. The maximum Gasteiger partial charge on any atom is 0.306 e. The van der Waals surface area contributed by atoms with E-state index in [1.54, 1.807) is 6.08 Å². The fraction of sp³-hybridized carbons (Fsp3) is 0.793. The Hall–Kier alpha value is -2.06. The molecule has 4 aliphatic carbocycles. The van der Waals surface area contributed by atoms with Crippen molar-refractivity contribution in [3.63, 3.8) is 0 Å². The third-order valence-corrected chi connectivity index (χ3v) is 10.4. The van der Waals surface area contributed by atoms with Crippen molar-refractivity contribution in [1.82, 2.24) is 5.32 Å². The first kappa shape index (κ1) is 28.0. The molecule has 37 heavy (non-hydrogen) atoms. The van der Waals surface area contributed by atoms with Crippen molar-refractivity contribution in [2.75, 3.05) is 6.61 Å². The predicted molar refractivity (Wildman–Crippen MR) is 136 cm³/mol. The Morgan fingerprint density at radius 3 is 2.59 bits per heavy atom. The van der Waals surface area contributed by atoms with Gasteiger partial charge in [0.05, 0.1) is 12.5 Å². The van der Waals surface area contributed by atoms with Crippen molar-refractivity contribution < 1.29 is 34.1 Å². The third-order valence-electron chi connectivity index (χ3n) is 10.4. The molecule has 0 bridgehead atoms. The molecule has 8 atom stereocenters. The van der Waals surface area contributed by atoms with Crippen molar-refractivity contribution in [3.8, 4) is 0 Å². The van der Waals surface area contributed by atoms with E-state index in [4.69, 9.17) is 4.74 Å². The number of carbonyl (C=O) groups is 4. The van der Waals surface area contributed by atoms with E-state index >= 15 is 0 Å². The topological polar surface area (TPSA) is 130 Å². The van der Waals surface area contributed by atoms with Crippen molar-refractivity contribution in [1.29, 1.82) is 0 Å². The van der Waals surface area contributed by atoms with E-state index in [2.05, 4.69) is 12.2 Å². The zero-order valence-electron chi connectivity index (χ0n) is 22.7. The summed E-state index contributed by atoms with van der Waals surface area (Å²) in [6.45, 7) is 7.37. The lowest BCUT2D eigenvalue weighted by Crippen LogP contribution is -2.62. The molecule has 0 radical (unpaired) electrons. The quantitative estimate of drug-likeness (QED) is 0.422. The number of fused-ring (bicyclic) bond motifs is 5. The Bertz CT molecular complexity index is 991. The smallest absolute Gasteiger partial charge is 0.306 e. The van der Waals surface area contributed by atoms with Gasteiger partial charge in [-0.05, 0) is 81.1 Å². The van der Waals surface area contributed by atoms with Gasteiger partial charge >= 0.3 is 5.97 Å². The van der Waals surface area contributed by atoms with Crippen LogP contribution in [0, 0.1) is 28.6 Å². The first-order valence-electron chi connectivity index (χ1n) is 14.0. The Labute approximate surface area is 219 Å². The third kappa shape index (κ3) is 4.80. The van der Waals surface area contributed by atoms with Crippen LogP contribution in [0.4, 0.5) is 0 Å². The highest BCUT2D eigenvalue weighted by Crippen LogP contribution is 2.67. The lowest BCUT2D eigenvalue weighted by atomic mass is 9.45. The first-order chi connectivity index (χ1) is 17.4. The maximum atomic E-state index is 13.3. The molecule has 0 heterocycles. The SMILES string of the molecule is CC[C@H](C)NC(=O)CCC(=O)OCC(=O)[C@@]1(O)CC[C@@H]2[C@@H]3CCC4=CC(=O)CC[C@]4(C)[C@@H]3[C@@H](O)C[C@@]21C. The molecular weight excluding hydrogens is 474 g/mol.